The fraction of sp³-hybridized carbons (Fsp3) is 0.600. The van der Waals surface area contributed by atoms with E-state index >= 15 is 0 Å². The number of nitrogens with zero attached hydrogens (tertiary/aromatic N) is 1. The molecule has 0 aromatic heterocycles. The Labute approximate surface area is 138 Å². The summed E-state index contributed by atoms with van der Waals surface area (Å²) in [6.07, 6.45) is 4.29. The van der Waals surface area contributed by atoms with Gasteiger partial charge in [-0.25, -0.2) is 9.86 Å². The molecule has 1 saturated heterocycles. The van der Waals surface area contributed by atoms with Crippen LogP contribution in [0.3, 0.4) is 0 Å². The molecule has 1 aromatic carbocycles. The molecule has 0 bridgehead atoms. The number of benzene rings is 1. The summed E-state index contributed by atoms with van der Waals surface area (Å²) in [5.41, 5.74) is 1.30. The first kappa shape index (κ1) is 17.7. The van der Waals surface area contributed by atoms with Crippen LogP contribution in [0.2, 0.25) is 5.02 Å². The monoisotopic (exact) mass is 345 g/mol. The topological polar surface area (TPSA) is 75.4 Å². The van der Waals surface area contributed by atoms with E-state index < -0.39 is 10.2 Å². The number of hydrogen-bond acceptors (Lipinski definition) is 3. The van der Waals surface area contributed by atoms with Crippen molar-refractivity contribution in [2.24, 2.45) is 11.1 Å². The highest BCUT2D eigenvalue weighted by Gasteiger charge is 2.20. The Morgan fingerprint density at radius 1 is 1.32 bits per heavy atom. The van der Waals surface area contributed by atoms with Gasteiger partial charge in [0, 0.05) is 18.1 Å². The summed E-state index contributed by atoms with van der Waals surface area (Å²) in [4.78, 5) is 2.41. The zero-order valence-electron chi connectivity index (χ0n) is 12.7. The third-order valence-electron chi connectivity index (χ3n) is 4.03. The minimum atomic E-state index is -3.58. The lowest BCUT2D eigenvalue weighted by Crippen LogP contribution is -2.42. The predicted molar refractivity (Wildman–Crippen MR) is 90.0 cm³/mol. The predicted octanol–water partition coefficient (Wildman–Crippen LogP) is 1.78. The van der Waals surface area contributed by atoms with Crippen molar-refractivity contribution in [3.63, 3.8) is 0 Å². The van der Waals surface area contributed by atoms with Crippen LogP contribution in [0.5, 0.6) is 0 Å². The van der Waals surface area contributed by atoms with Gasteiger partial charge in [-0.3, -0.25) is 0 Å². The average Bonchev–Trinajstić information content (AvgIpc) is 2.47. The summed E-state index contributed by atoms with van der Waals surface area (Å²) in [7, 11) is -3.58. The van der Waals surface area contributed by atoms with Gasteiger partial charge in [0.2, 0.25) is 0 Å². The smallest absolute Gasteiger partial charge is 0.274 e. The van der Waals surface area contributed by atoms with Gasteiger partial charge in [-0.15, -0.1) is 0 Å². The number of halogens is 1. The Balaban J connectivity index is 1.70. The Hall–Kier alpha value is -0.660. The van der Waals surface area contributed by atoms with Crippen molar-refractivity contribution < 1.29 is 8.42 Å². The van der Waals surface area contributed by atoms with Crippen molar-refractivity contribution in [1.29, 1.82) is 0 Å². The number of aryl methyl sites for hydroxylation is 1. The molecule has 0 radical (unpaired) electrons. The van der Waals surface area contributed by atoms with Crippen LogP contribution >= 0.6 is 11.6 Å². The van der Waals surface area contributed by atoms with Gasteiger partial charge >= 0.3 is 0 Å². The zero-order valence-corrected chi connectivity index (χ0v) is 14.2. The van der Waals surface area contributed by atoms with Crippen molar-refractivity contribution in [1.82, 2.24) is 9.62 Å². The molecule has 1 aromatic rings. The van der Waals surface area contributed by atoms with E-state index in [9.17, 15) is 8.42 Å². The van der Waals surface area contributed by atoms with E-state index in [1.54, 1.807) is 0 Å². The Morgan fingerprint density at radius 3 is 2.73 bits per heavy atom. The lowest BCUT2D eigenvalue weighted by atomic mass is 9.98. The summed E-state index contributed by atoms with van der Waals surface area (Å²) < 4.78 is 24.3. The fourth-order valence-corrected chi connectivity index (χ4v) is 3.51. The Morgan fingerprint density at radius 2 is 2.05 bits per heavy atom. The van der Waals surface area contributed by atoms with Crippen LogP contribution in [0, 0.1) is 5.92 Å². The first-order chi connectivity index (χ1) is 10.4. The minimum absolute atomic E-state index is 0.350. The van der Waals surface area contributed by atoms with Gasteiger partial charge in [0.1, 0.15) is 0 Å². The van der Waals surface area contributed by atoms with Crippen molar-refractivity contribution in [3.8, 4) is 0 Å². The second-order valence-corrected chi connectivity index (χ2v) is 7.75. The molecule has 1 heterocycles. The van der Waals surface area contributed by atoms with Gasteiger partial charge in [-0.2, -0.15) is 8.42 Å². The maximum atomic E-state index is 11.0. The fourth-order valence-electron chi connectivity index (χ4n) is 2.91. The van der Waals surface area contributed by atoms with Crippen LogP contribution in [-0.4, -0.2) is 39.5 Å². The molecule has 0 aliphatic carbocycles. The summed E-state index contributed by atoms with van der Waals surface area (Å²) >= 11 is 5.88. The number of likely N-dealkylation sites (tertiary alicyclic amines) is 1. The molecule has 124 valence electrons. The number of hydrogen-bond donors (Lipinski definition) is 2. The number of nitrogens with two attached hydrogens (primary N) is 1. The van der Waals surface area contributed by atoms with Crippen LogP contribution in [0.4, 0.5) is 0 Å². The molecular formula is C15H24ClN3O2S. The van der Waals surface area contributed by atoms with Gasteiger partial charge in [0.25, 0.3) is 10.2 Å². The van der Waals surface area contributed by atoms with E-state index in [1.807, 2.05) is 12.1 Å². The molecule has 0 amide bonds. The van der Waals surface area contributed by atoms with E-state index in [0.717, 1.165) is 50.3 Å². The van der Waals surface area contributed by atoms with E-state index in [0.29, 0.717) is 12.5 Å². The molecular weight excluding hydrogens is 322 g/mol. The third-order valence-corrected chi connectivity index (χ3v) is 4.85. The maximum absolute atomic E-state index is 11.0. The van der Waals surface area contributed by atoms with Gasteiger partial charge < -0.3 is 4.90 Å². The number of nitrogens with one attached hydrogen (secondary N) is 1. The highest BCUT2D eigenvalue weighted by Crippen LogP contribution is 2.17. The van der Waals surface area contributed by atoms with Crippen molar-refractivity contribution >= 4 is 21.8 Å². The van der Waals surface area contributed by atoms with Crippen molar-refractivity contribution in [2.75, 3.05) is 26.2 Å². The van der Waals surface area contributed by atoms with E-state index in [4.69, 9.17) is 16.7 Å². The quantitative estimate of drug-likeness (QED) is 0.791. The molecule has 1 fully saturated rings. The third kappa shape index (κ3) is 6.62. The molecule has 22 heavy (non-hydrogen) atoms. The molecule has 0 unspecified atom stereocenters. The van der Waals surface area contributed by atoms with Crippen LogP contribution < -0.4 is 9.86 Å². The summed E-state index contributed by atoms with van der Waals surface area (Å²) in [6, 6.07) is 7.98. The highest BCUT2D eigenvalue weighted by atomic mass is 35.5. The van der Waals surface area contributed by atoms with Gasteiger partial charge in [0.05, 0.1) is 0 Å². The highest BCUT2D eigenvalue weighted by molar-refractivity contribution is 7.87. The zero-order chi connectivity index (χ0) is 16.0. The molecule has 1 aliphatic heterocycles. The second kappa shape index (κ2) is 8.26. The van der Waals surface area contributed by atoms with E-state index in [2.05, 4.69) is 21.8 Å². The maximum Gasteiger partial charge on any atom is 0.274 e. The molecule has 0 spiro atoms. The number of rotatable bonds is 7. The van der Waals surface area contributed by atoms with Crippen molar-refractivity contribution in [3.05, 3.63) is 34.9 Å². The molecule has 1 atom stereocenters. The SMILES string of the molecule is NS(=O)(=O)NC[C@@H]1CCCN(CCCc2ccc(Cl)cc2)C1. The Kier molecular flexibility index (Phi) is 6.65. The summed E-state index contributed by atoms with van der Waals surface area (Å²) in [5.74, 6) is 0.350. The summed E-state index contributed by atoms with van der Waals surface area (Å²) in [5, 5.41) is 5.75. The van der Waals surface area contributed by atoms with Crippen LogP contribution in [-0.2, 0) is 16.6 Å². The first-order valence-corrected chi connectivity index (χ1v) is 9.59. The molecule has 2 rings (SSSR count). The van der Waals surface area contributed by atoms with Gasteiger partial charge in [-0.05, 0) is 62.4 Å². The molecule has 1 aliphatic rings. The first-order valence-electron chi connectivity index (χ1n) is 7.66. The van der Waals surface area contributed by atoms with Gasteiger partial charge in [-0.1, -0.05) is 23.7 Å². The van der Waals surface area contributed by atoms with Crippen LogP contribution in [0.1, 0.15) is 24.8 Å². The standard InChI is InChI=1S/C15H24ClN3O2S/c16-15-7-5-13(6-8-15)3-1-9-19-10-2-4-14(12-19)11-18-22(17,20)21/h5-8,14,18H,1-4,9-12H2,(H2,17,20,21)/t14-/m0/s1. The molecule has 0 saturated carbocycles. The van der Waals surface area contributed by atoms with Crippen molar-refractivity contribution in [2.45, 2.75) is 25.7 Å². The van der Waals surface area contributed by atoms with Gasteiger partial charge in [0.15, 0.2) is 0 Å². The van der Waals surface area contributed by atoms with E-state index in [1.165, 1.54) is 5.56 Å². The lowest BCUT2D eigenvalue weighted by molar-refractivity contribution is 0.174. The van der Waals surface area contributed by atoms with Crippen LogP contribution in [0.15, 0.2) is 24.3 Å². The summed E-state index contributed by atoms with van der Waals surface area (Å²) in [6.45, 7) is 3.50. The van der Waals surface area contributed by atoms with E-state index in [-0.39, 0.29) is 0 Å². The average molecular weight is 346 g/mol. The lowest BCUT2D eigenvalue weighted by Gasteiger charge is -2.32. The molecule has 3 N–H and O–H groups in total. The molecule has 7 heteroatoms. The normalized spacial score (nSPS) is 20.2. The largest absolute Gasteiger partial charge is 0.303 e. The Bertz CT molecular complexity index is 563. The molecule has 5 nitrogen and oxygen atoms in total. The minimum Gasteiger partial charge on any atom is -0.303 e. The van der Waals surface area contributed by atoms with Crippen LogP contribution in [0.25, 0.3) is 0 Å². The number of piperidine rings is 1. The second-order valence-electron chi connectivity index (χ2n) is 5.93.